The van der Waals surface area contributed by atoms with Crippen molar-refractivity contribution in [1.82, 2.24) is 4.98 Å². The number of carbonyl (C=O) groups excluding carboxylic acids is 1. The van der Waals surface area contributed by atoms with E-state index in [9.17, 15) is 9.18 Å². The molecule has 5 heteroatoms. The van der Waals surface area contributed by atoms with Gasteiger partial charge in [0.1, 0.15) is 5.82 Å². The van der Waals surface area contributed by atoms with Gasteiger partial charge in [-0.25, -0.2) is 4.39 Å². The van der Waals surface area contributed by atoms with Crippen molar-refractivity contribution in [3.05, 3.63) is 58.1 Å². The first-order chi connectivity index (χ1) is 8.99. The van der Waals surface area contributed by atoms with Gasteiger partial charge in [-0.2, -0.15) is 0 Å². The van der Waals surface area contributed by atoms with Crippen LogP contribution in [0.4, 0.5) is 10.1 Å². The van der Waals surface area contributed by atoms with E-state index in [0.29, 0.717) is 16.4 Å². The molecular weight excluding hydrogens is 267 g/mol. The van der Waals surface area contributed by atoms with Crippen LogP contribution in [0.2, 0.25) is 5.02 Å². The monoisotopic (exact) mass is 278 g/mol. The summed E-state index contributed by atoms with van der Waals surface area (Å²) in [5, 5.41) is 3.18. The van der Waals surface area contributed by atoms with Gasteiger partial charge in [0.05, 0.1) is 22.6 Å². The largest absolute Gasteiger partial charge is 0.320 e. The molecule has 0 atom stereocenters. The number of nitrogens with zero attached hydrogens (tertiary/aromatic N) is 1. The lowest BCUT2D eigenvalue weighted by Gasteiger charge is -2.10. The normalized spacial score (nSPS) is 10.3. The molecule has 0 unspecified atom stereocenters. The molecular formula is C14H12ClFN2O. The van der Waals surface area contributed by atoms with Crippen molar-refractivity contribution in [1.29, 1.82) is 0 Å². The minimum atomic E-state index is -0.454. The number of carbonyl (C=O) groups is 1. The zero-order valence-corrected chi connectivity index (χ0v) is 11.3. The van der Waals surface area contributed by atoms with Crippen LogP contribution >= 0.6 is 11.6 Å². The molecule has 19 heavy (non-hydrogen) atoms. The van der Waals surface area contributed by atoms with Crippen LogP contribution in [0.3, 0.4) is 0 Å². The second-order valence-electron chi connectivity index (χ2n) is 4.16. The van der Waals surface area contributed by atoms with Gasteiger partial charge in [-0.1, -0.05) is 17.7 Å². The van der Waals surface area contributed by atoms with E-state index in [-0.39, 0.29) is 5.56 Å². The maximum atomic E-state index is 13.0. The van der Waals surface area contributed by atoms with Gasteiger partial charge < -0.3 is 5.32 Å². The lowest BCUT2D eigenvalue weighted by Crippen LogP contribution is -2.13. The van der Waals surface area contributed by atoms with E-state index in [2.05, 4.69) is 10.3 Å². The van der Waals surface area contributed by atoms with Crippen LogP contribution in [0.5, 0.6) is 0 Å². The van der Waals surface area contributed by atoms with E-state index < -0.39 is 11.7 Å². The number of pyridine rings is 1. The standard InChI is InChI=1S/C14H12ClFN2O/c1-8-12(7-17-9(2)13(8)15)18-14(19)10-4-3-5-11(16)6-10/h3-7H,1-2H3,(H,18,19). The third-order valence-corrected chi connectivity index (χ3v) is 3.33. The summed E-state index contributed by atoms with van der Waals surface area (Å²) in [6, 6.07) is 5.48. The topological polar surface area (TPSA) is 42.0 Å². The maximum absolute atomic E-state index is 13.0. The third-order valence-electron chi connectivity index (χ3n) is 2.77. The van der Waals surface area contributed by atoms with Gasteiger partial charge in [0, 0.05) is 5.56 Å². The molecule has 1 aromatic heterocycles. The summed E-state index contributed by atoms with van der Waals surface area (Å²) in [5.74, 6) is -0.853. The van der Waals surface area contributed by atoms with Crippen LogP contribution < -0.4 is 5.32 Å². The van der Waals surface area contributed by atoms with Crippen molar-refractivity contribution < 1.29 is 9.18 Å². The molecule has 1 heterocycles. The number of aromatic nitrogens is 1. The fourth-order valence-electron chi connectivity index (χ4n) is 1.65. The summed E-state index contributed by atoms with van der Waals surface area (Å²) in [4.78, 5) is 16.0. The molecule has 1 aromatic carbocycles. The van der Waals surface area contributed by atoms with E-state index in [1.807, 2.05) is 0 Å². The van der Waals surface area contributed by atoms with Crippen molar-refractivity contribution in [2.75, 3.05) is 5.32 Å². The van der Waals surface area contributed by atoms with Crippen molar-refractivity contribution in [2.24, 2.45) is 0 Å². The quantitative estimate of drug-likeness (QED) is 0.909. The summed E-state index contributed by atoms with van der Waals surface area (Å²) in [7, 11) is 0. The van der Waals surface area contributed by atoms with Gasteiger partial charge in [-0.3, -0.25) is 9.78 Å². The Morgan fingerprint density at radius 1 is 1.37 bits per heavy atom. The highest BCUT2D eigenvalue weighted by Gasteiger charge is 2.11. The molecule has 0 aliphatic carbocycles. The van der Waals surface area contributed by atoms with Gasteiger partial charge in [0.15, 0.2) is 0 Å². The van der Waals surface area contributed by atoms with Gasteiger partial charge in [0.2, 0.25) is 0 Å². The van der Waals surface area contributed by atoms with Crippen molar-refractivity contribution in [3.8, 4) is 0 Å². The Morgan fingerprint density at radius 3 is 2.79 bits per heavy atom. The Balaban J connectivity index is 2.27. The molecule has 0 saturated heterocycles. The van der Waals surface area contributed by atoms with E-state index in [0.717, 1.165) is 5.56 Å². The van der Waals surface area contributed by atoms with Gasteiger partial charge in [-0.15, -0.1) is 0 Å². The summed E-state index contributed by atoms with van der Waals surface area (Å²) < 4.78 is 13.0. The molecule has 0 bridgehead atoms. The summed E-state index contributed by atoms with van der Waals surface area (Å²) >= 11 is 6.06. The molecule has 1 N–H and O–H groups in total. The number of halogens is 2. The second-order valence-corrected chi connectivity index (χ2v) is 4.54. The van der Waals surface area contributed by atoms with Crippen LogP contribution in [0.1, 0.15) is 21.6 Å². The Hall–Kier alpha value is -1.94. The first-order valence-electron chi connectivity index (χ1n) is 5.67. The molecule has 0 spiro atoms. The molecule has 0 fully saturated rings. The molecule has 0 aliphatic rings. The fourth-order valence-corrected chi connectivity index (χ4v) is 1.81. The lowest BCUT2D eigenvalue weighted by atomic mass is 10.2. The second kappa shape index (κ2) is 5.36. The number of rotatable bonds is 2. The zero-order chi connectivity index (χ0) is 14.0. The molecule has 0 aliphatic heterocycles. The van der Waals surface area contributed by atoms with Crippen LogP contribution in [0.15, 0.2) is 30.5 Å². The molecule has 2 aromatic rings. The van der Waals surface area contributed by atoms with Crippen LogP contribution in [-0.2, 0) is 0 Å². The Kier molecular flexibility index (Phi) is 3.81. The summed E-state index contributed by atoms with van der Waals surface area (Å²) in [6.07, 6.45) is 1.54. The third kappa shape index (κ3) is 2.90. The first kappa shape index (κ1) is 13.5. The minimum absolute atomic E-state index is 0.246. The smallest absolute Gasteiger partial charge is 0.255 e. The average Bonchev–Trinajstić information content (AvgIpc) is 2.39. The fraction of sp³-hybridized carbons (Fsp3) is 0.143. The van der Waals surface area contributed by atoms with E-state index in [1.165, 1.54) is 30.5 Å². The van der Waals surface area contributed by atoms with Gasteiger partial charge in [-0.05, 0) is 37.6 Å². The molecule has 0 saturated carbocycles. The molecule has 3 nitrogen and oxygen atoms in total. The van der Waals surface area contributed by atoms with E-state index in [1.54, 1.807) is 13.8 Å². The Labute approximate surface area is 115 Å². The van der Waals surface area contributed by atoms with E-state index in [4.69, 9.17) is 11.6 Å². The zero-order valence-electron chi connectivity index (χ0n) is 10.5. The molecule has 98 valence electrons. The van der Waals surface area contributed by atoms with E-state index >= 15 is 0 Å². The summed E-state index contributed by atoms with van der Waals surface area (Å²) in [6.45, 7) is 3.58. The van der Waals surface area contributed by atoms with Crippen molar-refractivity contribution >= 4 is 23.2 Å². The highest BCUT2D eigenvalue weighted by molar-refractivity contribution is 6.32. The number of anilines is 1. The molecule has 2 rings (SSSR count). The first-order valence-corrected chi connectivity index (χ1v) is 6.05. The highest BCUT2D eigenvalue weighted by Crippen LogP contribution is 2.25. The van der Waals surface area contributed by atoms with Gasteiger partial charge in [0.25, 0.3) is 5.91 Å². The maximum Gasteiger partial charge on any atom is 0.255 e. The number of aryl methyl sites for hydroxylation is 1. The minimum Gasteiger partial charge on any atom is -0.320 e. The van der Waals surface area contributed by atoms with Crippen molar-refractivity contribution in [3.63, 3.8) is 0 Å². The molecule has 0 radical (unpaired) electrons. The highest BCUT2D eigenvalue weighted by atomic mass is 35.5. The lowest BCUT2D eigenvalue weighted by molar-refractivity contribution is 0.102. The SMILES string of the molecule is Cc1ncc(NC(=O)c2cccc(F)c2)c(C)c1Cl. The Morgan fingerprint density at radius 2 is 2.11 bits per heavy atom. The number of amides is 1. The number of hydrogen-bond acceptors (Lipinski definition) is 2. The van der Waals surface area contributed by atoms with Gasteiger partial charge >= 0.3 is 0 Å². The number of hydrogen-bond donors (Lipinski definition) is 1. The molecule has 1 amide bonds. The van der Waals surface area contributed by atoms with Crippen LogP contribution in [-0.4, -0.2) is 10.9 Å². The predicted molar refractivity (Wildman–Crippen MR) is 73.1 cm³/mol. The van der Waals surface area contributed by atoms with Crippen LogP contribution in [0, 0.1) is 19.7 Å². The number of nitrogens with one attached hydrogen (secondary N) is 1. The summed E-state index contributed by atoms with van der Waals surface area (Å²) in [5.41, 5.74) is 2.20. The van der Waals surface area contributed by atoms with Crippen LogP contribution in [0.25, 0.3) is 0 Å². The van der Waals surface area contributed by atoms with Crippen molar-refractivity contribution in [2.45, 2.75) is 13.8 Å². The Bertz CT molecular complexity index is 643. The average molecular weight is 279 g/mol. The predicted octanol–water partition coefficient (Wildman–Crippen LogP) is 3.74. The number of benzene rings is 1.